The second-order valence-corrected chi connectivity index (χ2v) is 5.69. The quantitative estimate of drug-likeness (QED) is 0.635. The predicted octanol–water partition coefficient (Wildman–Crippen LogP) is 2.28. The van der Waals surface area contributed by atoms with Gasteiger partial charge >= 0.3 is 12.0 Å². The van der Waals surface area contributed by atoms with Gasteiger partial charge in [0.05, 0.1) is 19.4 Å². The van der Waals surface area contributed by atoms with Crippen LogP contribution in [0.2, 0.25) is 5.02 Å². The molecule has 9 heteroatoms. The molecule has 0 aliphatic carbocycles. The molecule has 0 radical (unpaired) electrons. The van der Waals surface area contributed by atoms with Crippen molar-refractivity contribution in [1.29, 1.82) is 0 Å². The second kappa shape index (κ2) is 8.57. The Morgan fingerprint density at radius 3 is 2.64 bits per heavy atom. The largest absolute Gasteiger partial charge is 0.495 e. The number of anilines is 1. The number of benzene rings is 1. The third-order valence-electron chi connectivity index (χ3n) is 3.56. The summed E-state index contributed by atoms with van der Waals surface area (Å²) in [5.41, 5.74) is 0.393. The van der Waals surface area contributed by atoms with Gasteiger partial charge in [-0.05, 0) is 31.5 Å². The number of hydrogen-bond donors (Lipinski definition) is 1. The molecule has 0 bridgehead atoms. The van der Waals surface area contributed by atoms with Gasteiger partial charge in [0.1, 0.15) is 12.2 Å². The Kier molecular flexibility index (Phi) is 6.46. The van der Waals surface area contributed by atoms with Crippen LogP contribution < -0.4 is 10.1 Å². The van der Waals surface area contributed by atoms with Crippen molar-refractivity contribution in [3.63, 3.8) is 0 Å². The van der Waals surface area contributed by atoms with E-state index in [2.05, 4.69) is 5.32 Å². The van der Waals surface area contributed by atoms with Crippen LogP contribution in [0, 0.1) is 0 Å². The van der Waals surface area contributed by atoms with E-state index in [1.165, 1.54) is 17.1 Å². The Bertz CT molecular complexity index is 667. The summed E-state index contributed by atoms with van der Waals surface area (Å²) in [7, 11) is 1.48. The van der Waals surface area contributed by atoms with Crippen molar-refractivity contribution in [1.82, 2.24) is 10.0 Å². The average Bonchev–Trinajstić information content (AvgIpc) is 3.05. The molecule has 1 aromatic carbocycles. The first-order chi connectivity index (χ1) is 12.0. The van der Waals surface area contributed by atoms with Crippen molar-refractivity contribution in [3.05, 3.63) is 23.2 Å². The zero-order valence-electron chi connectivity index (χ0n) is 14.1. The Balaban J connectivity index is 2.06. The van der Waals surface area contributed by atoms with E-state index < -0.39 is 24.3 Å². The zero-order valence-corrected chi connectivity index (χ0v) is 14.8. The van der Waals surface area contributed by atoms with Gasteiger partial charge in [0.2, 0.25) is 0 Å². The normalized spacial score (nSPS) is 13.6. The fourth-order valence-electron chi connectivity index (χ4n) is 2.47. The van der Waals surface area contributed by atoms with Gasteiger partial charge in [0.25, 0.3) is 5.91 Å². The van der Waals surface area contributed by atoms with Gasteiger partial charge < -0.3 is 14.8 Å². The molecule has 1 fully saturated rings. The molecule has 3 amide bonds. The lowest BCUT2D eigenvalue weighted by Gasteiger charge is -2.28. The van der Waals surface area contributed by atoms with Crippen LogP contribution >= 0.6 is 11.6 Å². The molecule has 1 N–H and O–H groups in total. The van der Waals surface area contributed by atoms with Crippen molar-refractivity contribution in [2.75, 3.05) is 32.1 Å². The number of carbonyl (C=O) groups is 3. The molecule has 1 saturated heterocycles. The van der Waals surface area contributed by atoms with E-state index in [1.54, 1.807) is 25.1 Å². The van der Waals surface area contributed by atoms with E-state index in [0.29, 0.717) is 36.0 Å². The highest BCUT2D eigenvalue weighted by molar-refractivity contribution is 6.31. The lowest BCUT2D eigenvalue weighted by molar-refractivity contribution is -0.152. The Labute approximate surface area is 150 Å². The van der Waals surface area contributed by atoms with E-state index >= 15 is 0 Å². The fraction of sp³-hybridized carbons (Fsp3) is 0.438. The van der Waals surface area contributed by atoms with Gasteiger partial charge in [-0.25, -0.2) is 14.8 Å². The van der Waals surface area contributed by atoms with Crippen molar-refractivity contribution < 1.29 is 23.9 Å². The number of halogens is 1. The minimum absolute atomic E-state index is 0.199. The SMILES string of the molecule is CCOC(=O)CC(=O)N1CCCN1C(=O)Nc1cc(Cl)ccc1OC. The van der Waals surface area contributed by atoms with Crippen LogP contribution in [0.5, 0.6) is 5.75 Å². The number of ether oxygens (including phenoxy) is 2. The highest BCUT2D eigenvalue weighted by atomic mass is 35.5. The maximum Gasteiger partial charge on any atom is 0.340 e. The molecule has 0 aromatic heterocycles. The van der Waals surface area contributed by atoms with E-state index in [4.69, 9.17) is 21.1 Å². The third kappa shape index (κ3) is 4.76. The number of urea groups is 1. The summed E-state index contributed by atoms with van der Waals surface area (Å²) < 4.78 is 9.95. The first kappa shape index (κ1) is 18.9. The maximum absolute atomic E-state index is 12.5. The molecule has 8 nitrogen and oxygen atoms in total. The summed E-state index contributed by atoms with van der Waals surface area (Å²) >= 11 is 5.95. The van der Waals surface area contributed by atoms with Gasteiger partial charge in [-0.15, -0.1) is 0 Å². The fourth-order valence-corrected chi connectivity index (χ4v) is 2.64. The van der Waals surface area contributed by atoms with Crippen LogP contribution in [0.4, 0.5) is 10.5 Å². The molecular formula is C16H20ClN3O5. The van der Waals surface area contributed by atoms with Gasteiger partial charge in [-0.2, -0.15) is 0 Å². The first-order valence-electron chi connectivity index (χ1n) is 7.84. The third-order valence-corrected chi connectivity index (χ3v) is 3.79. The minimum atomic E-state index is -0.615. The molecule has 1 heterocycles. The van der Waals surface area contributed by atoms with Gasteiger partial charge in [-0.1, -0.05) is 11.6 Å². The molecule has 2 rings (SSSR count). The van der Waals surface area contributed by atoms with Crippen molar-refractivity contribution >= 4 is 35.2 Å². The number of rotatable bonds is 5. The lowest BCUT2D eigenvalue weighted by Crippen LogP contribution is -2.47. The van der Waals surface area contributed by atoms with Crippen LogP contribution in [-0.2, 0) is 14.3 Å². The summed E-state index contributed by atoms with van der Waals surface area (Å²) in [6, 6.07) is 4.32. The number of amides is 3. The number of esters is 1. The zero-order chi connectivity index (χ0) is 18.4. The average molecular weight is 370 g/mol. The summed E-state index contributed by atoms with van der Waals surface area (Å²) in [6.45, 7) is 2.59. The number of nitrogens with one attached hydrogen (secondary N) is 1. The summed E-state index contributed by atoms with van der Waals surface area (Å²) in [4.78, 5) is 36.2. The molecule has 136 valence electrons. The monoisotopic (exact) mass is 369 g/mol. The number of carbonyl (C=O) groups excluding carboxylic acids is 3. The molecular weight excluding hydrogens is 350 g/mol. The van der Waals surface area contributed by atoms with Crippen LogP contribution in [0.15, 0.2) is 18.2 Å². The second-order valence-electron chi connectivity index (χ2n) is 5.25. The minimum Gasteiger partial charge on any atom is -0.495 e. The lowest BCUT2D eigenvalue weighted by atomic mass is 10.3. The molecule has 0 spiro atoms. The number of hydrazine groups is 1. The van der Waals surface area contributed by atoms with E-state index in [0.717, 1.165) is 0 Å². The summed E-state index contributed by atoms with van der Waals surface area (Å²) in [6.07, 6.45) is 0.215. The molecule has 0 atom stereocenters. The van der Waals surface area contributed by atoms with Crippen LogP contribution in [0.3, 0.4) is 0 Å². The molecule has 1 aromatic rings. The molecule has 0 saturated carbocycles. The molecule has 25 heavy (non-hydrogen) atoms. The van der Waals surface area contributed by atoms with Crippen LogP contribution in [0.25, 0.3) is 0 Å². The van der Waals surface area contributed by atoms with Crippen molar-refractivity contribution in [2.45, 2.75) is 19.8 Å². The van der Waals surface area contributed by atoms with E-state index in [1.807, 2.05) is 0 Å². The summed E-state index contributed by atoms with van der Waals surface area (Å²) in [5, 5.41) is 5.63. The van der Waals surface area contributed by atoms with Gasteiger partial charge in [-0.3, -0.25) is 9.59 Å². The maximum atomic E-state index is 12.5. The summed E-state index contributed by atoms with van der Waals surface area (Å²) in [5.74, 6) is -0.651. The highest BCUT2D eigenvalue weighted by Gasteiger charge is 2.32. The predicted molar refractivity (Wildman–Crippen MR) is 91.3 cm³/mol. The van der Waals surface area contributed by atoms with Gasteiger partial charge in [0, 0.05) is 18.1 Å². The Morgan fingerprint density at radius 1 is 1.24 bits per heavy atom. The molecule has 0 unspecified atom stereocenters. The van der Waals surface area contributed by atoms with E-state index in [-0.39, 0.29) is 6.61 Å². The topological polar surface area (TPSA) is 88.2 Å². The number of nitrogens with zero attached hydrogens (tertiary/aromatic N) is 2. The molecule has 1 aliphatic heterocycles. The molecule has 1 aliphatic rings. The van der Waals surface area contributed by atoms with Crippen molar-refractivity contribution in [2.24, 2.45) is 0 Å². The van der Waals surface area contributed by atoms with Gasteiger partial charge in [0.15, 0.2) is 0 Å². The first-order valence-corrected chi connectivity index (χ1v) is 8.22. The number of methoxy groups -OCH3 is 1. The number of hydrogen-bond acceptors (Lipinski definition) is 5. The van der Waals surface area contributed by atoms with Crippen LogP contribution in [-0.4, -0.2) is 54.7 Å². The Hall–Kier alpha value is -2.48. The van der Waals surface area contributed by atoms with Crippen molar-refractivity contribution in [3.8, 4) is 5.75 Å². The van der Waals surface area contributed by atoms with E-state index in [9.17, 15) is 14.4 Å². The Morgan fingerprint density at radius 2 is 1.96 bits per heavy atom. The standard InChI is InChI=1S/C16H20ClN3O5/c1-3-25-15(22)10-14(21)19-7-4-8-20(19)16(23)18-12-9-11(17)5-6-13(12)24-2/h5-6,9H,3-4,7-8,10H2,1-2H3,(H,18,23). The van der Waals surface area contributed by atoms with Crippen LogP contribution in [0.1, 0.15) is 19.8 Å². The smallest absolute Gasteiger partial charge is 0.340 e. The highest BCUT2D eigenvalue weighted by Crippen LogP contribution is 2.28.